The number of thioether (sulfide) groups is 1. The number of nitrogens with one attached hydrogen (secondary N) is 1. The SMILES string of the molecule is CSc1nc(NCC2CCCO2)c2sc3nc(-c4ccco4)c4c(c3c2n1)CCC4. The molecule has 6 rings (SSSR count). The molecule has 0 bridgehead atoms. The predicted molar refractivity (Wildman–Crippen MR) is 122 cm³/mol. The van der Waals surface area contributed by atoms with E-state index >= 15 is 0 Å². The van der Waals surface area contributed by atoms with Crippen molar-refractivity contribution in [1.82, 2.24) is 15.0 Å². The largest absolute Gasteiger partial charge is 0.463 e. The molecule has 1 aliphatic carbocycles. The fourth-order valence-electron chi connectivity index (χ4n) is 4.59. The number of hydrogen-bond acceptors (Lipinski definition) is 8. The van der Waals surface area contributed by atoms with E-state index in [9.17, 15) is 0 Å². The molecule has 4 aromatic heterocycles. The Labute approximate surface area is 182 Å². The number of hydrogen-bond donors (Lipinski definition) is 1. The third-order valence-electron chi connectivity index (χ3n) is 5.97. The lowest BCUT2D eigenvalue weighted by atomic mass is 10.0. The Morgan fingerprint density at radius 3 is 2.93 bits per heavy atom. The highest BCUT2D eigenvalue weighted by Crippen LogP contribution is 2.44. The lowest BCUT2D eigenvalue weighted by Crippen LogP contribution is -2.19. The van der Waals surface area contributed by atoms with Gasteiger partial charge < -0.3 is 14.5 Å². The van der Waals surface area contributed by atoms with Gasteiger partial charge in [-0.1, -0.05) is 11.8 Å². The lowest BCUT2D eigenvalue weighted by molar-refractivity contribution is 0.120. The summed E-state index contributed by atoms with van der Waals surface area (Å²) in [6.07, 6.45) is 9.48. The Morgan fingerprint density at radius 2 is 2.13 bits per heavy atom. The van der Waals surface area contributed by atoms with Gasteiger partial charge in [-0.3, -0.25) is 0 Å². The van der Waals surface area contributed by atoms with Crippen LogP contribution in [0.3, 0.4) is 0 Å². The number of aryl methyl sites for hydroxylation is 1. The maximum absolute atomic E-state index is 5.79. The molecule has 1 unspecified atom stereocenters. The molecule has 30 heavy (non-hydrogen) atoms. The van der Waals surface area contributed by atoms with Gasteiger partial charge in [-0.15, -0.1) is 11.3 Å². The summed E-state index contributed by atoms with van der Waals surface area (Å²) in [6, 6.07) is 3.93. The molecule has 6 nitrogen and oxygen atoms in total. The number of thiophene rings is 1. The Kier molecular flexibility index (Phi) is 4.66. The summed E-state index contributed by atoms with van der Waals surface area (Å²) < 4.78 is 12.6. The fraction of sp³-hybridized carbons (Fsp3) is 0.409. The lowest BCUT2D eigenvalue weighted by Gasteiger charge is -2.12. The standard InChI is InChI=1S/C22H22N4O2S2/c1-29-22-25-18-16-13-6-2-7-14(13)17(15-8-4-10-28-15)24-21(16)30-19(18)20(26-22)23-11-12-5-3-9-27-12/h4,8,10,12H,2-3,5-7,9,11H2,1H3,(H,23,25,26). The van der Waals surface area contributed by atoms with E-state index in [1.807, 2.05) is 18.4 Å². The fourth-order valence-corrected chi connectivity index (χ4v) is 6.07. The molecule has 2 aliphatic rings. The van der Waals surface area contributed by atoms with Crippen LogP contribution in [0.1, 0.15) is 30.4 Å². The van der Waals surface area contributed by atoms with Crippen molar-refractivity contribution in [2.24, 2.45) is 0 Å². The minimum absolute atomic E-state index is 0.259. The summed E-state index contributed by atoms with van der Waals surface area (Å²) in [7, 11) is 0. The number of pyridine rings is 1. The molecule has 1 aliphatic heterocycles. The Bertz CT molecular complexity index is 1230. The zero-order valence-electron chi connectivity index (χ0n) is 16.7. The van der Waals surface area contributed by atoms with Crippen LogP contribution >= 0.6 is 23.1 Å². The van der Waals surface area contributed by atoms with Crippen LogP contribution < -0.4 is 5.32 Å². The van der Waals surface area contributed by atoms with Crippen molar-refractivity contribution in [1.29, 1.82) is 0 Å². The van der Waals surface area contributed by atoms with E-state index in [0.717, 1.165) is 82.7 Å². The summed E-state index contributed by atoms with van der Waals surface area (Å²) in [5.41, 5.74) is 4.71. The van der Waals surface area contributed by atoms with Crippen LogP contribution in [0, 0.1) is 0 Å². The van der Waals surface area contributed by atoms with Crippen LogP contribution in [0.25, 0.3) is 31.9 Å². The molecule has 0 aromatic carbocycles. The minimum atomic E-state index is 0.259. The first-order chi connectivity index (χ1) is 14.8. The van der Waals surface area contributed by atoms with Crippen LogP contribution in [0.15, 0.2) is 28.0 Å². The van der Waals surface area contributed by atoms with E-state index in [4.69, 9.17) is 24.1 Å². The molecule has 5 heterocycles. The minimum Gasteiger partial charge on any atom is -0.463 e. The molecule has 0 radical (unpaired) electrons. The number of rotatable bonds is 5. The van der Waals surface area contributed by atoms with Gasteiger partial charge in [0.15, 0.2) is 10.9 Å². The molecule has 1 N–H and O–H groups in total. The third-order valence-corrected chi connectivity index (χ3v) is 7.60. The van der Waals surface area contributed by atoms with Gasteiger partial charge in [0, 0.05) is 18.5 Å². The van der Waals surface area contributed by atoms with Gasteiger partial charge in [0.05, 0.1) is 22.6 Å². The van der Waals surface area contributed by atoms with E-state index in [0.29, 0.717) is 0 Å². The average Bonchev–Trinajstić information content (AvgIpc) is 3.56. The van der Waals surface area contributed by atoms with E-state index in [1.165, 1.54) is 16.5 Å². The van der Waals surface area contributed by atoms with Crippen LogP contribution in [0.4, 0.5) is 5.82 Å². The molecular formula is C22H22N4O2S2. The predicted octanol–water partition coefficient (Wildman–Crippen LogP) is 5.30. The normalized spacial score (nSPS) is 18.5. The van der Waals surface area contributed by atoms with Crippen LogP contribution in [-0.2, 0) is 17.6 Å². The maximum Gasteiger partial charge on any atom is 0.189 e. The second-order valence-corrected chi connectivity index (χ2v) is 9.56. The maximum atomic E-state index is 5.79. The average molecular weight is 439 g/mol. The van der Waals surface area contributed by atoms with Crippen molar-refractivity contribution in [2.75, 3.05) is 24.7 Å². The molecule has 1 fully saturated rings. The monoisotopic (exact) mass is 438 g/mol. The summed E-state index contributed by atoms with van der Waals surface area (Å²) >= 11 is 3.26. The van der Waals surface area contributed by atoms with Crippen molar-refractivity contribution >= 4 is 49.3 Å². The van der Waals surface area contributed by atoms with Crippen molar-refractivity contribution in [3.8, 4) is 11.5 Å². The van der Waals surface area contributed by atoms with Gasteiger partial charge in [0.25, 0.3) is 0 Å². The van der Waals surface area contributed by atoms with E-state index in [1.54, 1.807) is 29.4 Å². The zero-order chi connectivity index (χ0) is 20.1. The Morgan fingerprint density at radius 1 is 1.20 bits per heavy atom. The van der Waals surface area contributed by atoms with Gasteiger partial charge in [0.2, 0.25) is 0 Å². The number of fused-ring (bicyclic) bond motifs is 5. The van der Waals surface area contributed by atoms with Crippen LogP contribution in [-0.4, -0.2) is 40.5 Å². The molecular weight excluding hydrogens is 416 g/mol. The summed E-state index contributed by atoms with van der Waals surface area (Å²) in [5.74, 6) is 1.74. The molecule has 1 saturated heterocycles. The molecule has 8 heteroatoms. The number of aromatic nitrogens is 3. The van der Waals surface area contributed by atoms with Gasteiger partial charge in [-0.25, -0.2) is 15.0 Å². The van der Waals surface area contributed by atoms with Crippen molar-refractivity contribution in [3.05, 3.63) is 29.5 Å². The first kappa shape index (κ1) is 18.6. The van der Waals surface area contributed by atoms with Gasteiger partial charge in [0.1, 0.15) is 16.3 Å². The molecule has 0 amide bonds. The first-order valence-corrected chi connectivity index (χ1v) is 12.5. The molecule has 4 aromatic rings. The van der Waals surface area contributed by atoms with E-state index in [-0.39, 0.29) is 6.10 Å². The second kappa shape index (κ2) is 7.51. The summed E-state index contributed by atoms with van der Waals surface area (Å²) in [5, 5.41) is 5.54. The van der Waals surface area contributed by atoms with Crippen molar-refractivity contribution < 1.29 is 9.15 Å². The molecule has 0 saturated carbocycles. The number of furan rings is 1. The number of ether oxygens (including phenoxy) is 1. The Balaban J connectivity index is 1.54. The van der Waals surface area contributed by atoms with E-state index < -0.39 is 0 Å². The van der Waals surface area contributed by atoms with Gasteiger partial charge >= 0.3 is 0 Å². The highest BCUT2D eigenvalue weighted by molar-refractivity contribution is 7.98. The third kappa shape index (κ3) is 3.01. The Hall–Kier alpha value is -2.16. The molecule has 1 atom stereocenters. The van der Waals surface area contributed by atoms with Crippen LogP contribution in [0.5, 0.6) is 0 Å². The summed E-state index contributed by atoms with van der Waals surface area (Å²) in [4.78, 5) is 15.8. The highest BCUT2D eigenvalue weighted by atomic mass is 32.2. The molecule has 154 valence electrons. The topological polar surface area (TPSA) is 73.1 Å². The number of anilines is 1. The first-order valence-electron chi connectivity index (χ1n) is 10.4. The smallest absolute Gasteiger partial charge is 0.189 e. The van der Waals surface area contributed by atoms with Gasteiger partial charge in [-0.2, -0.15) is 0 Å². The number of nitrogens with zero attached hydrogens (tertiary/aromatic N) is 3. The van der Waals surface area contributed by atoms with Crippen molar-refractivity contribution in [2.45, 2.75) is 43.4 Å². The second-order valence-electron chi connectivity index (χ2n) is 7.78. The quantitative estimate of drug-likeness (QED) is 0.335. The van der Waals surface area contributed by atoms with Crippen molar-refractivity contribution in [3.63, 3.8) is 0 Å². The highest BCUT2D eigenvalue weighted by Gasteiger charge is 2.26. The zero-order valence-corrected chi connectivity index (χ0v) is 18.4. The van der Waals surface area contributed by atoms with E-state index in [2.05, 4.69) is 5.32 Å². The van der Waals surface area contributed by atoms with Gasteiger partial charge in [-0.05, 0) is 61.6 Å². The molecule has 0 spiro atoms. The van der Waals surface area contributed by atoms with Crippen LogP contribution in [0.2, 0.25) is 0 Å². The summed E-state index contributed by atoms with van der Waals surface area (Å²) in [6.45, 7) is 1.63.